The molecule has 0 N–H and O–H groups in total. The second kappa shape index (κ2) is 5.27. The Morgan fingerprint density at radius 1 is 1.11 bits per heavy atom. The van der Waals surface area contributed by atoms with Crippen molar-refractivity contribution in [3.8, 4) is 0 Å². The Bertz CT molecular complexity index is 484. The number of aromatic nitrogens is 2. The summed E-state index contributed by atoms with van der Waals surface area (Å²) in [7, 11) is 0. The molecule has 3 nitrogen and oxygen atoms in total. The minimum Gasteiger partial charge on any atom is -0.292 e. The van der Waals surface area contributed by atoms with Crippen LogP contribution in [-0.2, 0) is 6.54 Å². The highest BCUT2D eigenvalue weighted by atomic mass is 15.2. The van der Waals surface area contributed by atoms with Gasteiger partial charge in [0.1, 0.15) is 0 Å². The second-order valence-electron chi connectivity index (χ2n) is 4.77. The maximum Gasteiger partial charge on any atom is 0.0367 e. The minimum atomic E-state index is 0.520. The van der Waals surface area contributed by atoms with Crippen LogP contribution in [0.1, 0.15) is 30.0 Å². The van der Waals surface area contributed by atoms with E-state index in [1.165, 1.54) is 30.5 Å². The summed E-state index contributed by atoms with van der Waals surface area (Å²) in [4.78, 5) is 10.8. The van der Waals surface area contributed by atoms with Gasteiger partial charge in [0.15, 0.2) is 0 Å². The van der Waals surface area contributed by atoms with Crippen LogP contribution in [0.2, 0.25) is 0 Å². The lowest BCUT2D eigenvalue weighted by Crippen LogP contribution is -2.22. The summed E-state index contributed by atoms with van der Waals surface area (Å²) in [5.74, 6) is 0. The maximum absolute atomic E-state index is 4.23. The molecule has 1 aliphatic rings. The van der Waals surface area contributed by atoms with Crippen LogP contribution in [0.15, 0.2) is 49.1 Å². The van der Waals surface area contributed by atoms with Gasteiger partial charge in [0, 0.05) is 37.4 Å². The number of nitrogens with zero attached hydrogens (tertiary/aromatic N) is 3. The van der Waals surface area contributed by atoms with Crippen LogP contribution in [0.25, 0.3) is 0 Å². The van der Waals surface area contributed by atoms with E-state index in [-0.39, 0.29) is 0 Å². The Hall–Kier alpha value is -1.74. The quantitative estimate of drug-likeness (QED) is 0.824. The van der Waals surface area contributed by atoms with Crippen molar-refractivity contribution in [2.75, 3.05) is 6.54 Å². The smallest absolute Gasteiger partial charge is 0.0367 e. The predicted molar refractivity (Wildman–Crippen MR) is 70.9 cm³/mol. The summed E-state index contributed by atoms with van der Waals surface area (Å²) in [6.07, 6.45) is 10.1. The molecule has 0 spiro atoms. The van der Waals surface area contributed by atoms with E-state index in [4.69, 9.17) is 0 Å². The fourth-order valence-electron chi connectivity index (χ4n) is 2.69. The van der Waals surface area contributed by atoms with Crippen molar-refractivity contribution in [3.63, 3.8) is 0 Å². The van der Waals surface area contributed by atoms with Crippen LogP contribution in [-0.4, -0.2) is 21.4 Å². The van der Waals surface area contributed by atoms with Gasteiger partial charge in [-0.05, 0) is 48.7 Å². The number of pyridine rings is 2. The van der Waals surface area contributed by atoms with Gasteiger partial charge in [0.05, 0.1) is 0 Å². The molecule has 1 aliphatic heterocycles. The highest BCUT2D eigenvalue weighted by Gasteiger charge is 2.25. The molecule has 3 heterocycles. The molecule has 2 aromatic rings. The van der Waals surface area contributed by atoms with Crippen LogP contribution in [0.3, 0.4) is 0 Å². The summed E-state index contributed by atoms with van der Waals surface area (Å²) in [5, 5.41) is 0. The zero-order valence-electron chi connectivity index (χ0n) is 10.4. The van der Waals surface area contributed by atoms with Crippen molar-refractivity contribution in [1.29, 1.82) is 0 Å². The third-order valence-electron chi connectivity index (χ3n) is 3.57. The van der Waals surface area contributed by atoms with Crippen molar-refractivity contribution in [2.45, 2.75) is 25.4 Å². The summed E-state index contributed by atoms with van der Waals surface area (Å²) >= 11 is 0. The van der Waals surface area contributed by atoms with Crippen LogP contribution in [0, 0.1) is 0 Å². The Balaban J connectivity index is 1.76. The SMILES string of the molecule is c1cncc(C2CCCN2Cc2ccncc2)c1. The normalized spacial score (nSPS) is 20.1. The molecular formula is C15H17N3. The summed E-state index contributed by atoms with van der Waals surface area (Å²) in [6.45, 7) is 2.17. The summed E-state index contributed by atoms with van der Waals surface area (Å²) in [6, 6.07) is 8.92. The van der Waals surface area contributed by atoms with E-state index in [0.717, 1.165) is 6.54 Å². The predicted octanol–water partition coefficient (Wildman–Crippen LogP) is 2.81. The van der Waals surface area contributed by atoms with Gasteiger partial charge in [-0.15, -0.1) is 0 Å². The van der Waals surface area contributed by atoms with Gasteiger partial charge < -0.3 is 0 Å². The average Bonchev–Trinajstić information content (AvgIpc) is 2.89. The third-order valence-corrected chi connectivity index (χ3v) is 3.57. The fourth-order valence-corrected chi connectivity index (χ4v) is 2.69. The van der Waals surface area contributed by atoms with E-state index in [0.29, 0.717) is 6.04 Å². The summed E-state index contributed by atoms with van der Waals surface area (Å²) < 4.78 is 0. The highest BCUT2D eigenvalue weighted by molar-refractivity contribution is 5.17. The molecule has 0 radical (unpaired) electrons. The van der Waals surface area contributed by atoms with Crippen molar-refractivity contribution in [2.24, 2.45) is 0 Å². The first-order valence-corrected chi connectivity index (χ1v) is 6.46. The fraction of sp³-hybridized carbons (Fsp3) is 0.333. The molecule has 3 rings (SSSR count). The van der Waals surface area contributed by atoms with Crippen molar-refractivity contribution in [3.05, 3.63) is 60.2 Å². The van der Waals surface area contributed by atoms with Crippen LogP contribution in [0.4, 0.5) is 0 Å². The Labute approximate surface area is 108 Å². The highest BCUT2D eigenvalue weighted by Crippen LogP contribution is 2.32. The zero-order chi connectivity index (χ0) is 12.2. The molecule has 0 amide bonds. The van der Waals surface area contributed by atoms with E-state index in [1.807, 2.05) is 30.9 Å². The van der Waals surface area contributed by atoms with Crippen LogP contribution in [0.5, 0.6) is 0 Å². The van der Waals surface area contributed by atoms with E-state index in [1.54, 1.807) is 0 Å². The average molecular weight is 239 g/mol. The molecule has 0 bridgehead atoms. The number of hydrogen-bond acceptors (Lipinski definition) is 3. The van der Waals surface area contributed by atoms with E-state index in [9.17, 15) is 0 Å². The standard InChI is InChI=1S/C15H17N3/c1-3-14(11-17-7-1)15-4-2-10-18(15)12-13-5-8-16-9-6-13/h1,3,5-9,11,15H,2,4,10,12H2. The molecule has 1 saturated heterocycles. The number of likely N-dealkylation sites (tertiary alicyclic amines) is 1. The Morgan fingerprint density at radius 3 is 2.78 bits per heavy atom. The van der Waals surface area contributed by atoms with Crippen molar-refractivity contribution in [1.82, 2.24) is 14.9 Å². The van der Waals surface area contributed by atoms with Crippen molar-refractivity contribution < 1.29 is 0 Å². The molecule has 0 aliphatic carbocycles. The molecule has 3 heteroatoms. The van der Waals surface area contributed by atoms with E-state index >= 15 is 0 Å². The topological polar surface area (TPSA) is 29.0 Å². The number of hydrogen-bond donors (Lipinski definition) is 0. The molecule has 0 saturated carbocycles. The van der Waals surface area contributed by atoms with Crippen LogP contribution < -0.4 is 0 Å². The lowest BCUT2D eigenvalue weighted by molar-refractivity contribution is 0.248. The van der Waals surface area contributed by atoms with Gasteiger partial charge >= 0.3 is 0 Å². The van der Waals surface area contributed by atoms with Crippen molar-refractivity contribution >= 4 is 0 Å². The largest absolute Gasteiger partial charge is 0.292 e. The monoisotopic (exact) mass is 239 g/mol. The van der Waals surface area contributed by atoms with E-state index in [2.05, 4.69) is 33.1 Å². The molecule has 1 unspecified atom stereocenters. The van der Waals surface area contributed by atoms with E-state index < -0.39 is 0 Å². The first-order valence-electron chi connectivity index (χ1n) is 6.46. The van der Waals surface area contributed by atoms with Gasteiger partial charge in [-0.2, -0.15) is 0 Å². The Morgan fingerprint density at radius 2 is 2.00 bits per heavy atom. The Kier molecular flexibility index (Phi) is 3.33. The lowest BCUT2D eigenvalue weighted by atomic mass is 10.1. The second-order valence-corrected chi connectivity index (χ2v) is 4.77. The number of rotatable bonds is 3. The minimum absolute atomic E-state index is 0.520. The first-order chi connectivity index (χ1) is 8.93. The van der Waals surface area contributed by atoms with Gasteiger partial charge in [-0.3, -0.25) is 14.9 Å². The lowest BCUT2D eigenvalue weighted by Gasteiger charge is -2.24. The molecular weight excluding hydrogens is 222 g/mol. The maximum atomic E-state index is 4.23. The molecule has 0 aromatic carbocycles. The van der Waals surface area contributed by atoms with Gasteiger partial charge in [-0.25, -0.2) is 0 Å². The molecule has 18 heavy (non-hydrogen) atoms. The molecule has 2 aromatic heterocycles. The van der Waals surface area contributed by atoms with Crippen LogP contribution >= 0.6 is 0 Å². The zero-order valence-corrected chi connectivity index (χ0v) is 10.4. The van der Waals surface area contributed by atoms with Gasteiger partial charge in [-0.1, -0.05) is 6.07 Å². The molecule has 1 atom stereocenters. The molecule has 1 fully saturated rings. The summed E-state index contributed by atoms with van der Waals surface area (Å²) in [5.41, 5.74) is 2.67. The van der Waals surface area contributed by atoms with Gasteiger partial charge in [0.25, 0.3) is 0 Å². The van der Waals surface area contributed by atoms with Gasteiger partial charge in [0.2, 0.25) is 0 Å². The first kappa shape index (κ1) is 11.4. The third kappa shape index (κ3) is 2.41. The molecule has 92 valence electrons.